The van der Waals surface area contributed by atoms with E-state index in [0.717, 1.165) is 37.5 Å². The molecule has 0 atom stereocenters. The summed E-state index contributed by atoms with van der Waals surface area (Å²) in [5.41, 5.74) is 1.34. The van der Waals surface area contributed by atoms with Gasteiger partial charge in [-0.25, -0.2) is 0 Å². The Morgan fingerprint density at radius 3 is 2.38 bits per heavy atom. The maximum absolute atomic E-state index is 8.81. The predicted molar refractivity (Wildman–Crippen MR) is 88.7 cm³/mol. The van der Waals surface area contributed by atoms with Gasteiger partial charge in [0.25, 0.3) is 0 Å². The SMILES string of the molecule is OCCCCCN1CCCN(Cc2ccc(Cl)cc2)CC1. The van der Waals surface area contributed by atoms with Gasteiger partial charge in [0.1, 0.15) is 0 Å². The molecule has 0 unspecified atom stereocenters. The van der Waals surface area contributed by atoms with Gasteiger partial charge in [0.2, 0.25) is 0 Å². The van der Waals surface area contributed by atoms with Gasteiger partial charge in [0.15, 0.2) is 0 Å². The van der Waals surface area contributed by atoms with Crippen LogP contribution in [0.15, 0.2) is 24.3 Å². The van der Waals surface area contributed by atoms with Crippen LogP contribution in [0.5, 0.6) is 0 Å². The van der Waals surface area contributed by atoms with Crippen molar-refractivity contribution in [2.45, 2.75) is 32.2 Å². The number of rotatable bonds is 7. The summed E-state index contributed by atoms with van der Waals surface area (Å²) in [4.78, 5) is 5.11. The molecule has 1 aromatic rings. The summed E-state index contributed by atoms with van der Waals surface area (Å²) < 4.78 is 0. The van der Waals surface area contributed by atoms with Gasteiger partial charge in [0.05, 0.1) is 0 Å². The fourth-order valence-electron chi connectivity index (χ4n) is 2.88. The highest BCUT2D eigenvalue weighted by Crippen LogP contribution is 2.13. The molecule has 0 aromatic heterocycles. The number of benzene rings is 1. The molecular formula is C17H27ClN2O. The normalized spacial score (nSPS) is 17.8. The first kappa shape index (κ1) is 16.8. The highest BCUT2D eigenvalue weighted by atomic mass is 35.5. The molecule has 0 radical (unpaired) electrons. The summed E-state index contributed by atoms with van der Waals surface area (Å²) in [7, 11) is 0. The molecule has 0 aliphatic carbocycles. The lowest BCUT2D eigenvalue weighted by Crippen LogP contribution is -2.31. The number of halogens is 1. The number of unbranched alkanes of at least 4 members (excludes halogenated alkanes) is 2. The fourth-order valence-corrected chi connectivity index (χ4v) is 3.00. The Morgan fingerprint density at radius 1 is 0.905 bits per heavy atom. The van der Waals surface area contributed by atoms with Gasteiger partial charge in [0, 0.05) is 31.3 Å². The van der Waals surface area contributed by atoms with Gasteiger partial charge in [-0.3, -0.25) is 4.90 Å². The third kappa shape index (κ3) is 6.35. The third-order valence-electron chi connectivity index (χ3n) is 4.13. The van der Waals surface area contributed by atoms with Gasteiger partial charge < -0.3 is 10.0 Å². The minimum absolute atomic E-state index is 0.328. The Kier molecular flexibility index (Phi) is 7.51. The summed E-state index contributed by atoms with van der Waals surface area (Å²) in [6.45, 7) is 7.21. The molecule has 0 spiro atoms. The minimum Gasteiger partial charge on any atom is -0.396 e. The van der Waals surface area contributed by atoms with Crippen molar-refractivity contribution in [2.75, 3.05) is 39.3 Å². The monoisotopic (exact) mass is 310 g/mol. The quantitative estimate of drug-likeness (QED) is 0.784. The number of hydrogen-bond donors (Lipinski definition) is 1. The van der Waals surface area contributed by atoms with Gasteiger partial charge >= 0.3 is 0 Å². The van der Waals surface area contributed by atoms with E-state index in [1.165, 1.54) is 38.0 Å². The van der Waals surface area contributed by atoms with Crippen LogP contribution in [-0.4, -0.2) is 54.2 Å². The van der Waals surface area contributed by atoms with Crippen molar-refractivity contribution < 1.29 is 5.11 Å². The van der Waals surface area contributed by atoms with Crippen molar-refractivity contribution in [3.8, 4) is 0 Å². The van der Waals surface area contributed by atoms with E-state index in [1.807, 2.05) is 12.1 Å². The molecule has 1 heterocycles. The van der Waals surface area contributed by atoms with Crippen molar-refractivity contribution in [2.24, 2.45) is 0 Å². The van der Waals surface area contributed by atoms with Crippen LogP contribution in [0.3, 0.4) is 0 Å². The molecule has 0 amide bonds. The largest absolute Gasteiger partial charge is 0.396 e. The Bertz CT molecular complexity index is 396. The first-order valence-corrected chi connectivity index (χ1v) is 8.46. The van der Waals surface area contributed by atoms with Crippen LogP contribution in [0, 0.1) is 0 Å². The van der Waals surface area contributed by atoms with E-state index in [9.17, 15) is 0 Å². The average Bonchev–Trinajstić information content (AvgIpc) is 2.72. The molecule has 118 valence electrons. The van der Waals surface area contributed by atoms with Crippen LogP contribution in [0.2, 0.25) is 5.02 Å². The van der Waals surface area contributed by atoms with E-state index < -0.39 is 0 Å². The zero-order valence-electron chi connectivity index (χ0n) is 12.8. The number of nitrogens with zero attached hydrogens (tertiary/aromatic N) is 2. The first-order chi connectivity index (χ1) is 10.3. The molecule has 3 nitrogen and oxygen atoms in total. The lowest BCUT2D eigenvalue weighted by Gasteiger charge is -2.21. The number of aliphatic hydroxyl groups is 1. The second-order valence-electron chi connectivity index (χ2n) is 5.88. The van der Waals surface area contributed by atoms with Gasteiger partial charge in [-0.15, -0.1) is 0 Å². The summed E-state index contributed by atoms with van der Waals surface area (Å²) in [6.07, 6.45) is 4.53. The molecule has 1 aromatic carbocycles. The van der Waals surface area contributed by atoms with Crippen LogP contribution < -0.4 is 0 Å². The van der Waals surface area contributed by atoms with E-state index in [0.29, 0.717) is 6.61 Å². The van der Waals surface area contributed by atoms with Crippen LogP contribution >= 0.6 is 11.6 Å². The molecular weight excluding hydrogens is 284 g/mol. The van der Waals surface area contributed by atoms with E-state index in [2.05, 4.69) is 21.9 Å². The van der Waals surface area contributed by atoms with Crippen LogP contribution in [0.25, 0.3) is 0 Å². The topological polar surface area (TPSA) is 26.7 Å². The Hall–Kier alpha value is -0.610. The van der Waals surface area contributed by atoms with E-state index in [1.54, 1.807) is 0 Å². The Morgan fingerprint density at radius 2 is 1.62 bits per heavy atom. The van der Waals surface area contributed by atoms with Crippen molar-refractivity contribution in [1.29, 1.82) is 0 Å². The van der Waals surface area contributed by atoms with Crippen LogP contribution in [-0.2, 0) is 6.54 Å². The van der Waals surface area contributed by atoms with Crippen molar-refractivity contribution in [3.05, 3.63) is 34.9 Å². The van der Waals surface area contributed by atoms with Crippen molar-refractivity contribution in [3.63, 3.8) is 0 Å². The smallest absolute Gasteiger partial charge is 0.0431 e. The highest BCUT2D eigenvalue weighted by Gasteiger charge is 2.14. The zero-order valence-corrected chi connectivity index (χ0v) is 13.6. The summed E-state index contributed by atoms with van der Waals surface area (Å²) >= 11 is 5.93. The van der Waals surface area contributed by atoms with Gasteiger partial charge in [-0.05, 0) is 63.0 Å². The molecule has 1 aliphatic rings. The van der Waals surface area contributed by atoms with E-state index in [4.69, 9.17) is 16.7 Å². The second-order valence-corrected chi connectivity index (χ2v) is 6.32. The zero-order chi connectivity index (χ0) is 14.9. The van der Waals surface area contributed by atoms with Gasteiger partial charge in [-0.1, -0.05) is 23.7 Å². The fraction of sp³-hybridized carbons (Fsp3) is 0.647. The average molecular weight is 311 g/mol. The maximum Gasteiger partial charge on any atom is 0.0431 e. The predicted octanol–water partition coefficient (Wildman–Crippen LogP) is 3.01. The van der Waals surface area contributed by atoms with Crippen molar-refractivity contribution >= 4 is 11.6 Å². The molecule has 1 N–H and O–H groups in total. The lowest BCUT2D eigenvalue weighted by molar-refractivity contribution is 0.242. The Balaban J connectivity index is 1.71. The molecule has 0 saturated carbocycles. The highest BCUT2D eigenvalue weighted by molar-refractivity contribution is 6.30. The van der Waals surface area contributed by atoms with Crippen LogP contribution in [0.1, 0.15) is 31.2 Å². The molecule has 0 bridgehead atoms. The first-order valence-electron chi connectivity index (χ1n) is 8.08. The van der Waals surface area contributed by atoms with E-state index >= 15 is 0 Å². The molecule has 1 fully saturated rings. The number of hydrogen-bond acceptors (Lipinski definition) is 3. The molecule has 4 heteroatoms. The standard InChI is InChI=1S/C17H27ClN2O/c18-17-7-5-16(6-8-17)15-20-11-4-10-19(12-13-20)9-2-1-3-14-21/h5-8,21H,1-4,9-15H2. The molecule has 21 heavy (non-hydrogen) atoms. The second kappa shape index (κ2) is 9.42. The number of aliphatic hydroxyl groups excluding tert-OH is 1. The Labute approximate surface area is 133 Å². The minimum atomic E-state index is 0.328. The molecule has 2 rings (SSSR count). The lowest BCUT2D eigenvalue weighted by atomic mass is 10.2. The van der Waals surface area contributed by atoms with Gasteiger partial charge in [-0.2, -0.15) is 0 Å². The third-order valence-corrected chi connectivity index (χ3v) is 4.39. The van der Waals surface area contributed by atoms with Crippen LogP contribution in [0.4, 0.5) is 0 Å². The van der Waals surface area contributed by atoms with Crippen molar-refractivity contribution in [1.82, 2.24) is 9.80 Å². The summed E-state index contributed by atoms with van der Waals surface area (Å²) in [6, 6.07) is 8.20. The summed E-state index contributed by atoms with van der Waals surface area (Å²) in [5.74, 6) is 0. The molecule has 1 saturated heterocycles. The molecule has 1 aliphatic heterocycles. The van der Waals surface area contributed by atoms with E-state index in [-0.39, 0.29) is 0 Å². The maximum atomic E-state index is 8.81. The summed E-state index contributed by atoms with van der Waals surface area (Å²) in [5, 5.41) is 9.62.